The fourth-order valence-electron chi connectivity index (χ4n) is 4.08. The van der Waals surface area contributed by atoms with E-state index in [4.69, 9.17) is 14.2 Å². The lowest BCUT2D eigenvalue weighted by Gasteiger charge is -2.26. The summed E-state index contributed by atoms with van der Waals surface area (Å²) in [6, 6.07) is 16.3. The molecule has 1 N–H and O–H groups in total. The number of carbonyl (C=O) groups excluding carboxylic acids is 3. The van der Waals surface area contributed by atoms with Crippen molar-refractivity contribution in [1.29, 1.82) is 0 Å². The molecule has 0 saturated carbocycles. The van der Waals surface area contributed by atoms with Crippen LogP contribution in [0.4, 0.5) is 0 Å². The van der Waals surface area contributed by atoms with E-state index in [1.807, 2.05) is 0 Å². The topological polar surface area (TPSA) is 99.1 Å². The normalized spacial score (nSPS) is 17.7. The van der Waals surface area contributed by atoms with E-state index in [9.17, 15) is 19.5 Å². The number of phenolic OH excluding ortho intramolecular Hbond substituents is 1. The van der Waals surface area contributed by atoms with Crippen LogP contribution in [0.1, 0.15) is 49.7 Å². The Hall–Kier alpha value is -4.39. The van der Waals surface area contributed by atoms with Gasteiger partial charge in [-0.2, -0.15) is 0 Å². The van der Waals surface area contributed by atoms with Crippen LogP contribution >= 0.6 is 0 Å². The van der Waals surface area contributed by atoms with Crippen molar-refractivity contribution in [3.05, 3.63) is 94.2 Å². The fourth-order valence-corrected chi connectivity index (χ4v) is 4.08. The summed E-state index contributed by atoms with van der Waals surface area (Å²) in [5.74, 6) is -0.548. The number of rotatable bonds is 3. The van der Waals surface area contributed by atoms with Crippen LogP contribution in [0.15, 0.2) is 66.4 Å². The average Bonchev–Trinajstić information content (AvgIpc) is 3.14. The third-order valence-electron chi connectivity index (χ3n) is 5.70. The first-order valence-electron chi connectivity index (χ1n) is 10.2. The fraction of sp³-hybridized carbons (Fsp3) is 0.115. The highest BCUT2D eigenvalue weighted by Gasteiger charge is 2.38. The molecule has 7 nitrogen and oxygen atoms in total. The number of methoxy groups -OCH3 is 1. The summed E-state index contributed by atoms with van der Waals surface area (Å²) in [4.78, 5) is 36.9. The number of benzene rings is 3. The van der Waals surface area contributed by atoms with Crippen molar-refractivity contribution in [1.82, 2.24) is 0 Å². The number of esters is 2. The lowest BCUT2D eigenvalue weighted by atomic mass is 9.84. The minimum absolute atomic E-state index is 0.0832. The summed E-state index contributed by atoms with van der Waals surface area (Å²) in [7, 11) is 1.31. The number of ketones is 1. The van der Waals surface area contributed by atoms with Crippen molar-refractivity contribution in [3.8, 4) is 17.2 Å². The van der Waals surface area contributed by atoms with Crippen molar-refractivity contribution in [2.75, 3.05) is 7.11 Å². The number of aromatic hydroxyl groups is 1. The van der Waals surface area contributed by atoms with Gasteiger partial charge in [0, 0.05) is 11.5 Å². The molecule has 2 aliphatic rings. The number of hydrogen-bond acceptors (Lipinski definition) is 7. The van der Waals surface area contributed by atoms with Crippen LogP contribution < -0.4 is 9.47 Å². The quantitative estimate of drug-likeness (QED) is 0.368. The van der Waals surface area contributed by atoms with Crippen molar-refractivity contribution in [3.63, 3.8) is 0 Å². The van der Waals surface area contributed by atoms with E-state index in [0.29, 0.717) is 33.8 Å². The highest BCUT2D eigenvalue weighted by molar-refractivity contribution is 6.15. The van der Waals surface area contributed by atoms with Gasteiger partial charge in [-0.3, -0.25) is 9.59 Å². The zero-order chi connectivity index (χ0) is 23.1. The van der Waals surface area contributed by atoms with Gasteiger partial charge in [-0.15, -0.1) is 0 Å². The Bertz CT molecular complexity index is 1320. The lowest BCUT2D eigenvalue weighted by molar-refractivity contribution is -0.135. The Balaban J connectivity index is 1.54. The molecule has 0 bridgehead atoms. The third kappa shape index (κ3) is 3.63. The van der Waals surface area contributed by atoms with Crippen LogP contribution in [0.2, 0.25) is 0 Å². The molecule has 2 heterocycles. The molecule has 5 rings (SSSR count). The summed E-state index contributed by atoms with van der Waals surface area (Å²) < 4.78 is 16.1. The summed E-state index contributed by atoms with van der Waals surface area (Å²) in [6.07, 6.45) is 1.68. The van der Waals surface area contributed by atoms with Crippen LogP contribution in [0.25, 0.3) is 6.08 Å². The molecule has 0 saturated heterocycles. The van der Waals surface area contributed by atoms with Gasteiger partial charge >= 0.3 is 11.9 Å². The van der Waals surface area contributed by atoms with Crippen LogP contribution in [0.5, 0.6) is 17.2 Å². The van der Waals surface area contributed by atoms with Crippen molar-refractivity contribution in [2.24, 2.45) is 0 Å². The summed E-state index contributed by atoms with van der Waals surface area (Å²) in [5, 5.41) is 9.63. The molecule has 2 aliphatic heterocycles. The largest absolute Gasteiger partial charge is 0.508 e. The first-order chi connectivity index (χ1) is 15.9. The Morgan fingerprint density at radius 3 is 2.42 bits per heavy atom. The molecule has 0 aliphatic carbocycles. The van der Waals surface area contributed by atoms with E-state index in [1.165, 1.54) is 7.11 Å². The summed E-state index contributed by atoms with van der Waals surface area (Å²) in [5.41, 5.74) is 2.87. The van der Waals surface area contributed by atoms with Gasteiger partial charge in [-0.25, -0.2) is 4.79 Å². The molecule has 3 aromatic carbocycles. The predicted molar refractivity (Wildman–Crippen MR) is 117 cm³/mol. The summed E-state index contributed by atoms with van der Waals surface area (Å²) in [6.45, 7) is 0. The molecular formula is C26H18O7. The van der Waals surface area contributed by atoms with E-state index < -0.39 is 5.97 Å². The second-order valence-corrected chi connectivity index (χ2v) is 7.73. The summed E-state index contributed by atoms with van der Waals surface area (Å²) >= 11 is 0. The third-order valence-corrected chi connectivity index (χ3v) is 5.70. The molecule has 0 spiro atoms. The highest BCUT2D eigenvalue weighted by atomic mass is 16.5. The van der Waals surface area contributed by atoms with Gasteiger partial charge in [-0.05, 0) is 53.6 Å². The zero-order valence-electron chi connectivity index (χ0n) is 17.5. The number of hydrogen-bond donors (Lipinski definition) is 1. The van der Waals surface area contributed by atoms with Crippen LogP contribution in [0.3, 0.4) is 0 Å². The number of phenols is 1. The van der Waals surface area contributed by atoms with E-state index >= 15 is 0 Å². The molecule has 0 unspecified atom stereocenters. The smallest absolute Gasteiger partial charge is 0.337 e. The van der Waals surface area contributed by atoms with Gasteiger partial charge in [0.25, 0.3) is 0 Å². The molecule has 3 aromatic rings. The Kier molecular flexibility index (Phi) is 4.94. The standard InChI is InChI=1S/C26H18O7/c1-31-26(30)16-4-2-14(3-5-16)12-21-24(29)18-10-11-20-23(25(18)33-21)19(13-22(28)32-20)15-6-8-17(27)9-7-15/h2-12,19,27H,13H2,1H3/b21-12-/t19-/m0/s1. The van der Waals surface area contributed by atoms with Crippen LogP contribution in [0, 0.1) is 0 Å². The predicted octanol–water partition coefficient (Wildman–Crippen LogP) is 4.24. The maximum absolute atomic E-state index is 13.1. The minimum atomic E-state index is -0.448. The molecule has 0 aromatic heterocycles. The molecule has 0 fully saturated rings. The van der Waals surface area contributed by atoms with Gasteiger partial charge in [0.1, 0.15) is 17.2 Å². The van der Waals surface area contributed by atoms with Gasteiger partial charge in [-0.1, -0.05) is 24.3 Å². The zero-order valence-corrected chi connectivity index (χ0v) is 17.5. The maximum Gasteiger partial charge on any atom is 0.337 e. The average molecular weight is 442 g/mol. The molecule has 0 radical (unpaired) electrons. The number of Topliss-reactive ketones (excluding diaryl/α,β-unsaturated/α-hetero) is 1. The van der Waals surface area contributed by atoms with Crippen molar-refractivity contribution < 1.29 is 33.7 Å². The Morgan fingerprint density at radius 1 is 1.00 bits per heavy atom. The Morgan fingerprint density at radius 2 is 1.73 bits per heavy atom. The molecule has 7 heteroatoms. The van der Waals surface area contributed by atoms with E-state index in [0.717, 1.165) is 5.56 Å². The molecule has 1 atom stereocenters. The van der Waals surface area contributed by atoms with E-state index in [2.05, 4.69) is 0 Å². The molecule has 33 heavy (non-hydrogen) atoms. The first-order valence-corrected chi connectivity index (χ1v) is 10.2. The first kappa shape index (κ1) is 20.5. The van der Waals surface area contributed by atoms with Crippen molar-refractivity contribution >= 4 is 23.8 Å². The van der Waals surface area contributed by atoms with E-state index in [-0.39, 0.29) is 35.6 Å². The monoisotopic (exact) mass is 442 g/mol. The van der Waals surface area contributed by atoms with Gasteiger partial charge in [0.15, 0.2) is 5.76 Å². The number of allylic oxidation sites excluding steroid dienone is 1. The number of carbonyl (C=O) groups is 3. The second-order valence-electron chi connectivity index (χ2n) is 7.73. The van der Waals surface area contributed by atoms with Crippen LogP contribution in [-0.2, 0) is 9.53 Å². The van der Waals surface area contributed by atoms with Gasteiger partial charge in [0.05, 0.1) is 24.7 Å². The maximum atomic E-state index is 13.1. The number of fused-ring (bicyclic) bond motifs is 3. The minimum Gasteiger partial charge on any atom is -0.508 e. The lowest BCUT2D eigenvalue weighted by Crippen LogP contribution is -2.21. The second kappa shape index (κ2) is 7.94. The molecule has 164 valence electrons. The van der Waals surface area contributed by atoms with Crippen LogP contribution in [-0.4, -0.2) is 29.9 Å². The van der Waals surface area contributed by atoms with Gasteiger partial charge < -0.3 is 19.3 Å². The molecule has 0 amide bonds. The number of ether oxygens (including phenoxy) is 3. The van der Waals surface area contributed by atoms with Gasteiger partial charge in [0.2, 0.25) is 5.78 Å². The highest BCUT2D eigenvalue weighted by Crippen LogP contribution is 2.49. The van der Waals surface area contributed by atoms with Crippen molar-refractivity contribution in [2.45, 2.75) is 12.3 Å². The Labute approximate surface area is 188 Å². The van der Waals surface area contributed by atoms with E-state index in [1.54, 1.807) is 66.7 Å². The SMILES string of the molecule is COC(=O)c1ccc(/C=C2\Oc3c(ccc4c3[C@H](c3ccc(O)cc3)CC(=O)O4)C2=O)cc1. The molecular weight excluding hydrogens is 424 g/mol.